The Morgan fingerprint density at radius 1 is 1.00 bits per heavy atom. The molecule has 29 heavy (non-hydrogen) atoms. The number of halogens is 1. The van der Waals surface area contributed by atoms with Gasteiger partial charge in [-0.15, -0.1) is 0 Å². The Kier molecular flexibility index (Phi) is 4.22. The van der Waals surface area contributed by atoms with Crippen molar-refractivity contribution < 1.29 is 9.21 Å². The minimum atomic E-state index is -0.255. The molecule has 0 aliphatic heterocycles. The molecule has 2 aromatic heterocycles. The third-order valence-electron chi connectivity index (χ3n) is 4.66. The zero-order valence-electron chi connectivity index (χ0n) is 15.1. The average Bonchev–Trinajstić information content (AvgIpc) is 3.20. The number of nitrogens with zero attached hydrogens (tertiary/aromatic N) is 2. The molecule has 0 radical (unpaired) electrons. The van der Waals surface area contributed by atoms with Crippen LogP contribution in [0.3, 0.4) is 0 Å². The van der Waals surface area contributed by atoms with Gasteiger partial charge < -0.3 is 9.73 Å². The van der Waals surface area contributed by atoms with Crippen LogP contribution in [0.5, 0.6) is 0 Å². The zero-order chi connectivity index (χ0) is 19.8. The van der Waals surface area contributed by atoms with Gasteiger partial charge >= 0.3 is 0 Å². The molecular formula is C23H14ClN3O2. The van der Waals surface area contributed by atoms with E-state index in [1.807, 2.05) is 36.4 Å². The second kappa shape index (κ2) is 7.04. The second-order valence-corrected chi connectivity index (χ2v) is 6.95. The molecule has 1 N–H and O–H groups in total. The minimum Gasteiger partial charge on any atom is -0.436 e. The Hall–Kier alpha value is -3.70. The zero-order valence-corrected chi connectivity index (χ0v) is 15.9. The number of nitrogens with one attached hydrogen (secondary N) is 1. The molecule has 0 atom stereocenters. The summed E-state index contributed by atoms with van der Waals surface area (Å²) >= 11 is 6.41. The van der Waals surface area contributed by atoms with Crippen LogP contribution in [0.2, 0.25) is 5.02 Å². The van der Waals surface area contributed by atoms with E-state index in [2.05, 4.69) is 15.3 Å². The molecule has 140 valence electrons. The molecule has 5 rings (SSSR count). The Morgan fingerprint density at radius 2 is 1.90 bits per heavy atom. The number of aromatic nitrogens is 2. The largest absolute Gasteiger partial charge is 0.436 e. The Bertz CT molecular complexity index is 1360. The van der Waals surface area contributed by atoms with Crippen LogP contribution in [0.1, 0.15) is 10.4 Å². The smallest absolute Gasteiger partial charge is 0.257 e. The number of hydrogen-bond donors (Lipinski definition) is 1. The summed E-state index contributed by atoms with van der Waals surface area (Å²) in [6, 6.07) is 20.5. The fourth-order valence-corrected chi connectivity index (χ4v) is 3.44. The van der Waals surface area contributed by atoms with Crippen LogP contribution in [-0.4, -0.2) is 15.9 Å². The molecule has 5 nitrogen and oxygen atoms in total. The van der Waals surface area contributed by atoms with E-state index < -0.39 is 0 Å². The maximum absolute atomic E-state index is 12.4. The first-order valence-electron chi connectivity index (χ1n) is 8.99. The van der Waals surface area contributed by atoms with Gasteiger partial charge in [0, 0.05) is 23.5 Å². The Balaban J connectivity index is 1.55. The van der Waals surface area contributed by atoms with Gasteiger partial charge in [0.25, 0.3) is 5.91 Å². The predicted octanol–water partition coefficient (Wildman–Crippen LogP) is 5.95. The van der Waals surface area contributed by atoms with Crippen LogP contribution in [0.4, 0.5) is 5.69 Å². The highest BCUT2D eigenvalue weighted by atomic mass is 35.5. The molecule has 0 fully saturated rings. The van der Waals surface area contributed by atoms with Crippen LogP contribution in [0.15, 0.2) is 83.5 Å². The summed E-state index contributed by atoms with van der Waals surface area (Å²) in [5, 5.41) is 5.44. The number of hydrogen-bond acceptors (Lipinski definition) is 4. The summed E-state index contributed by atoms with van der Waals surface area (Å²) in [6.07, 6.45) is 3.13. The molecular weight excluding hydrogens is 386 g/mol. The van der Waals surface area contributed by atoms with Crippen molar-refractivity contribution in [2.45, 2.75) is 0 Å². The van der Waals surface area contributed by atoms with Gasteiger partial charge in [-0.2, -0.15) is 0 Å². The van der Waals surface area contributed by atoms with E-state index in [0.29, 0.717) is 33.3 Å². The van der Waals surface area contributed by atoms with Crippen molar-refractivity contribution >= 4 is 45.1 Å². The van der Waals surface area contributed by atoms with Gasteiger partial charge in [0.05, 0.1) is 16.1 Å². The van der Waals surface area contributed by atoms with Gasteiger partial charge in [-0.05, 0) is 41.8 Å². The highest BCUT2D eigenvalue weighted by Gasteiger charge is 2.15. The molecule has 0 aliphatic rings. The molecule has 3 aromatic carbocycles. The Morgan fingerprint density at radius 3 is 2.76 bits per heavy atom. The minimum absolute atomic E-state index is 0.255. The molecule has 0 spiro atoms. The van der Waals surface area contributed by atoms with Crippen molar-refractivity contribution in [2.75, 3.05) is 5.32 Å². The topological polar surface area (TPSA) is 68.0 Å². The van der Waals surface area contributed by atoms with Crippen LogP contribution in [0.25, 0.3) is 33.3 Å². The average molecular weight is 400 g/mol. The monoisotopic (exact) mass is 399 g/mol. The fourth-order valence-electron chi connectivity index (χ4n) is 3.24. The first kappa shape index (κ1) is 17.4. The molecule has 1 amide bonds. The standard InChI is InChI=1S/C23H14ClN3O2/c24-19-9-8-16(26-22(28)15-5-3-11-25-13-15)12-18(19)23-27-21-17-6-2-1-4-14(17)7-10-20(21)29-23/h1-13H,(H,26,28). The van der Waals surface area contributed by atoms with Gasteiger partial charge in [-0.25, -0.2) is 4.98 Å². The van der Waals surface area contributed by atoms with Gasteiger partial charge in [0.1, 0.15) is 5.52 Å². The van der Waals surface area contributed by atoms with Gasteiger partial charge in [0.2, 0.25) is 5.89 Å². The van der Waals surface area contributed by atoms with Crippen molar-refractivity contribution in [3.05, 3.63) is 89.7 Å². The van der Waals surface area contributed by atoms with Crippen LogP contribution in [-0.2, 0) is 0 Å². The summed E-state index contributed by atoms with van der Waals surface area (Å²) in [5.74, 6) is 0.147. The molecule has 0 unspecified atom stereocenters. The molecule has 6 heteroatoms. The number of oxazole rings is 1. The molecule has 5 aromatic rings. The lowest BCUT2D eigenvalue weighted by Gasteiger charge is -2.07. The van der Waals surface area contributed by atoms with E-state index in [1.54, 1.807) is 36.5 Å². The fraction of sp³-hybridized carbons (Fsp3) is 0. The number of carbonyl (C=O) groups is 1. The number of fused-ring (bicyclic) bond motifs is 3. The lowest BCUT2D eigenvalue weighted by Crippen LogP contribution is -2.12. The number of benzene rings is 3. The normalized spacial score (nSPS) is 11.1. The maximum Gasteiger partial charge on any atom is 0.257 e. The van der Waals surface area contributed by atoms with E-state index in [9.17, 15) is 4.79 Å². The van der Waals surface area contributed by atoms with Crippen molar-refractivity contribution in [3.8, 4) is 11.5 Å². The van der Waals surface area contributed by atoms with Crippen molar-refractivity contribution in [1.82, 2.24) is 9.97 Å². The highest BCUT2D eigenvalue weighted by molar-refractivity contribution is 6.33. The molecule has 0 saturated heterocycles. The molecule has 0 aliphatic carbocycles. The second-order valence-electron chi connectivity index (χ2n) is 6.54. The summed E-state index contributed by atoms with van der Waals surface area (Å²) < 4.78 is 5.97. The SMILES string of the molecule is O=C(Nc1ccc(Cl)c(-c2nc3c(ccc4ccccc43)o2)c1)c1cccnc1. The summed E-state index contributed by atoms with van der Waals surface area (Å²) in [7, 11) is 0. The van der Waals surface area contributed by atoms with Gasteiger partial charge in [0.15, 0.2) is 5.58 Å². The number of pyridine rings is 1. The Labute approximate surface area is 171 Å². The van der Waals surface area contributed by atoms with E-state index in [1.165, 1.54) is 6.20 Å². The number of amides is 1. The van der Waals surface area contributed by atoms with Gasteiger partial charge in [-0.1, -0.05) is 41.9 Å². The van der Waals surface area contributed by atoms with Crippen LogP contribution in [0, 0.1) is 0 Å². The van der Waals surface area contributed by atoms with Crippen LogP contribution < -0.4 is 5.32 Å². The third-order valence-corrected chi connectivity index (χ3v) is 4.99. The maximum atomic E-state index is 12.4. The van der Waals surface area contributed by atoms with E-state index >= 15 is 0 Å². The van der Waals surface area contributed by atoms with Gasteiger partial charge in [-0.3, -0.25) is 9.78 Å². The first-order valence-corrected chi connectivity index (χ1v) is 9.36. The lowest BCUT2D eigenvalue weighted by atomic mass is 10.1. The molecule has 0 bridgehead atoms. The van der Waals surface area contributed by atoms with Crippen molar-refractivity contribution in [3.63, 3.8) is 0 Å². The van der Waals surface area contributed by atoms with E-state index in [-0.39, 0.29) is 5.91 Å². The summed E-state index contributed by atoms with van der Waals surface area (Å²) in [4.78, 5) is 21.1. The van der Waals surface area contributed by atoms with Crippen molar-refractivity contribution in [2.24, 2.45) is 0 Å². The summed E-state index contributed by atoms with van der Waals surface area (Å²) in [5.41, 5.74) is 3.12. The summed E-state index contributed by atoms with van der Waals surface area (Å²) in [6.45, 7) is 0. The van der Waals surface area contributed by atoms with Crippen LogP contribution >= 0.6 is 11.6 Å². The molecule has 2 heterocycles. The number of rotatable bonds is 3. The quantitative estimate of drug-likeness (QED) is 0.407. The van der Waals surface area contributed by atoms with E-state index in [0.717, 1.165) is 16.3 Å². The third kappa shape index (κ3) is 3.22. The number of anilines is 1. The van der Waals surface area contributed by atoms with Crippen molar-refractivity contribution in [1.29, 1.82) is 0 Å². The predicted molar refractivity (Wildman–Crippen MR) is 114 cm³/mol. The number of carbonyl (C=O) groups excluding carboxylic acids is 1. The van der Waals surface area contributed by atoms with E-state index in [4.69, 9.17) is 16.0 Å². The molecule has 0 saturated carbocycles. The lowest BCUT2D eigenvalue weighted by molar-refractivity contribution is 0.102. The first-order chi connectivity index (χ1) is 14.2. The highest BCUT2D eigenvalue weighted by Crippen LogP contribution is 2.34.